The van der Waals surface area contributed by atoms with Gasteiger partial charge in [-0.05, 0) is 24.2 Å². The maximum atomic E-state index is 11.1. The van der Waals surface area contributed by atoms with E-state index in [1.165, 1.54) is 6.42 Å². The molecule has 0 radical (unpaired) electrons. The summed E-state index contributed by atoms with van der Waals surface area (Å²) >= 11 is 0. The normalized spacial score (nSPS) is 33.8. The van der Waals surface area contributed by atoms with Crippen molar-refractivity contribution in [1.29, 1.82) is 0 Å². The van der Waals surface area contributed by atoms with Gasteiger partial charge in [0, 0.05) is 5.92 Å². The molecule has 0 aromatic carbocycles. The van der Waals surface area contributed by atoms with E-state index in [9.17, 15) is 4.79 Å². The third-order valence-electron chi connectivity index (χ3n) is 3.70. The second-order valence-corrected chi connectivity index (χ2v) is 5.12. The smallest absolute Gasteiger partial charge is 0.220 e. The number of hydrogen-bond donors (Lipinski definition) is 1. The molecule has 0 aromatic rings. The van der Waals surface area contributed by atoms with E-state index < -0.39 is 0 Å². The predicted octanol–water partition coefficient (Wildman–Crippen LogP) is 2.32. The molecule has 0 bridgehead atoms. The van der Waals surface area contributed by atoms with Crippen LogP contribution >= 0.6 is 0 Å². The molecule has 0 spiro atoms. The van der Waals surface area contributed by atoms with Gasteiger partial charge in [0.25, 0.3) is 0 Å². The summed E-state index contributed by atoms with van der Waals surface area (Å²) in [5.41, 5.74) is 5.64. The zero-order valence-electron chi connectivity index (χ0n) is 8.97. The molecule has 2 nitrogen and oxygen atoms in total. The zero-order chi connectivity index (χ0) is 10.1. The van der Waals surface area contributed by atoms with Gasteiger partial charge in [-0.15, -0.1) is 0 Å². The summed E-state index contributed by atoms with van der Waals surface area (Å²) in [6.45, 7) is 6.78. The molecule has 2 heteroatoms. The lowest BCUT2D eigenvalue weighted by Gasteiger charge is -2.31. The van der Waals surface area contributed by atoms with E-state index in [1.807, 2.05) is 0 Å². The minimum Gasteiger partial charge on any atom is -0.369 e. The molecule has 0 aliphatic heterocycles. The predicted molar refractivity (Wildman–Crippen MR) is 54.1 cm³/mol. The Labute approximate surface area is 80.9 Å². The standard InChI is InChI=1S/C11H21NO/c1-8-5-4-6-9(10(12)13)7-11(8,2)3/h8-9H,4-7H2,1-3H3,(H2,12,13). The van der Waals surface area contributed by atoms with Crippen LogP contribution in [0.25, 0.3) is 0 Å². The Bertz CT molecular complexity index is 198. The highest BCUT2D eigenvalue weighted by atomic mass is 16.1. The van der Waals surface area contributed by atoms with E-state index in [0.717, 1.165) is 19.3 Å². The molecule has 1 amide bonds. The first kappa shape index (κ1) is 10.6. The van der Waals surface area contributed by atoms with Crippen LogP contribution in [0.4, 0.5) is 0 Å². The Kier molecular flexibility index (Phi) is 2.99. The van der Waals surface area contributed by atoms with Crippen LogP contribution in [-0.4, -0.2) is 5.91 Å². The fourth-order valence-corrected chi connectivity index (χ4v) is 2.24. The third kappa shape index (κ3) is 2.45. The second-order valence-electron chi connectivity index (χ2n) is 5.12. The highest BCUT2D eigenvalue weighted by Gasteiger charge is 2.33. The maximum absolute atomic E-state index is 11.1. The quantitative estimate of drug-likeness (QED) is 0.623. The number of nitrogens with two attached hydrogens (primary N) is 1. The Morgan fingerprint density at radius 3 is 2.54 bits per heavy atom. The van der Waals surface area contributed by atoms with E-state index >= 15 is 0 Å². The van der Waals surface area contributed by atoms with Gasteiger partial charge >= 0.3 is 0 Å². The summed E-state index contributed by atoms with van der Waals surface area (Å²) in [7, 11) is 0. The topological polar surface area (TPSA) is 43.1 Å². The molecular formula is C11H21NO. The van der Waals surface area contributed by atoms with Crippen LogP contribution in [0, 0.1) is 17.3 Å². The van der Waals surface area contributed by atoms with Gasteiger partial charge in [0.05, 0.1) is 0 Å². The average Bonchev–Trinajstić information content (AvgIpc) is 2.12. The minimum atomic E-state index is -0.109. The van der Waals surface area contributed by atoms with E-state index in [-0.39, 0.29) is 17.2 Å². The van der Waals surface area contributed by atoms with Crippen LogP contribution in [0.3, 0.4) is 0 Å². The Morgan fingerprint density at radius 1 is 1.38 bits per heavy atom. The summed E-state index contributed by atoms with van der Waals surface area (Å²) < 4.78 is 0. The highest BCUT2D eigenvalue weighted by Crippen LogP contribution is 2.41. The van der Waals surface area contributed by atoms with Crippen LogP contribution in [0.1, 0.15) is 46.5 Å². The molecule has 1 aliphatic rings. The van der Waals surface area contributed by atoms with Gasteiger partial charge in [-0.3, -0.25) is 4.79 Å². The first-order valence-corrected chi connectivity index (χ1v) is 5.23. The van der Waals surface area contributed by atoms with E-state index in [2.05, 4.69) is 20.8 Å². The summed E-state index contributed by atoms with van der Waals surface area (Å²) in [4.78, 5) is 11.1. The number of hydrogen-bond acceptors (Lipinski definition) is 1. The van der Waals surface area contributed by atoms with Crippen LogP contribution in [-0.2, 0) is 4.79 Å². The number of carbonyl (C=O) groups is 1. The lowest BCUT2D eigenvalue weighted by molar-refractivity contribution is -0.122. The Morgan fingerprint density at radius 2 is 2.00 bits per heavy atom. The van der Waals surface area contributed by atoms with E-state index in [4.69, 9.17) is 5.73 Å². The molecule has 13 heavy (non-hydrogen) atoms. The van der Waals surface area contributed by atoms with Gasteiger partial charge in [0.1, 0.15) is 0 Å². The largest absolute Gasteiger partial charge is 0.369 e. The number of carbonyl (C=O) groups excluding carboxylic acids is 1. The van der Waals surface area contributed by atoms with Crippen LogP contribution in [0.2, 0.25) is 0 Å². The van der Waals surface area contributed by atoms with Gasteiger partial charge in [-0.2, -0.15) is 0 Å². The molecule has 0 heterocycles. The van der Waals surface area contributed by atoms with Gasteiger partial charge in [-0.25, -0.2) is 0 Å². The second kappa shape index (κ2) is 3.69. The van der Waals surface area contributed by atoms with Gasteiger partial charge in [0.15, 0.2) is 0 Å². The van der Waals surface area contributed by atoms with Crippen molar-refractivity contribution in [3.63, 3.8) is 0 Å². The third-order valence-corrected chi connectivity index (χ3v) is 3.70. The van der Waals surface area contributed by atoms with Crippen molar-refractivity contribution in [2.45, 2.75) is 46.5 Å². The lowest BCUT2D eigenvalue weighted by Crippen LogP contribution is -2.29. The number of rotatable bonds is 1. The summed E-state index contributed by atoms with van der Waals surface area (Å²) in [6.07, 6.45) is 4.33. The van der Waals surface area contributed by atoms with Gasteiger partial charge in [-0.1, -0.05) is 33.6 Å². The molecule has 1 aliphatic carbocycles. The maximum Gasteiger partial charge on any atom is 0.220 e. The molecule has 2 unspecified atom stereocenters. The molecule has 2 atom stereocenters. The van der Waals surface area contributed by atoms with Gasteiger partial charge in [0.2, 0.25) is 5.91 Å². The molecule has 0 aromatic heterocycles. The van der Waals surface area contributed by atoms with Crippen molar-refractivity contribution < 1.29 is 4.79 Å². The fourth-order valence-electron chi connectivity index (χ4n) is 2.24. The molecule has 1 fully saturated rings. The van der Waals surface area contributed by atoms with Crippen molar-refractivity contribution >= 4 is 5.91 Å². The monoisotopic (exact) mass is 183 g/mol. The van der Waals surface area contributed by atoms with Crippen molar-refractivity contribution in [3.05, 3.63) is 0 Å². The van der Waals surface area contributed by atoms with Crippen molar-refractivity contribution in [1.82, 2.24) is 0 Å². The van der Waals surface area contributed by atoms with E-state index in [1.54, 1.807) is 0 Å². The SMILES string of the molecule is CC1CCCC(C(N)=O)CC1(C)C. The fraction of sp³-hybridized carbons (Fsp3) is 0.909. The van der Waals surface area contributed by atoms with E-state index in [0.29, 0.717) is 5.92 Å². The summed E-state index contributed by atoms with van der Waals surface area (Å²) in [5, 5.41) is 0. The highest BCUT2D eigenvalue weighted by molar-refractivity contribution is 5.76. The van der Waals surface area contributed by atoms with Crippen molar-refractivity contribution in [2.75, 3.05) is 0 Å². The first-order chi connectivity index (χ1) is 5.93. The summed E-state index contributed by atoms with van der Waals surface area (Å²) in [6, 6.07) is 0. The molecule has 76 valence electrons. The zero-order valence-corrected chi connectivity index (χ0v) is 8.97. The van der Waals surface area contributed by atoms with Crippen LogP contribution in [0.5, 0.6) is 0 Å². The first-order valence-electron chi connectivity index (χ1n) is 5.23. The van der Waals surface area contributed by atoms with Crippen molar-refractivity contribution in [2.24, 2.45) is 23.0 Å². The molecule has 1 saturated carbocycles. The Hall–Kier alpha value is -0.530. The molecule has 2 N–H and O–H groups in total. The molecule has 1 rings (SSSR count). The van der Waals surface area contributed by atoms with Gasteiger partial charge < -0.3 is 5.73 Å². The van der Waals surface area contributed by atoms with Crippen LogP contribution in [0.15, 0.2) is 0 Å². The molecular weight excluding hydrogens is 162 g/mol. The average molecular weight is 183 g/mol. The molecule has 0 saturated heterocycles. The summed E-state index contributed by atoms with van der Waals surface area (Å²) in [5.74, 6) is 0.707. The number of amides is 1. The van der Waals surface area contributed by atoms with Crippen molar-refractivity contribution in [3.8, 4) is 0 Å². The number of primary amides is 1. The lowest BCUT2D eigenvalue weighted by atomic mass is 9.74. The minimum absolute atomic E-state index is 0.109. The van der Waals surface area contributed by atoms with Crippen LogP contribution < -0.4 is 5.73 Å². The Balaban J connectivity index is 2.70.